The van der Waals surface area contributed by atoms with Crippen LogP contribution in [0.5, 0.6) is 0 Å². The van der Waals surface area contributed by atoms with E-state index in [0.717, 1.165) is 53.9 Å². The first kappa shape index (κ1) is 29.6. The van der Waals surface area contributed by atoms with Gasteiger partial charge in [0.25, 0.3) is 0 Å². The molecule has 1 fully saturated rings. The number of nitrogens with one attached hydrogen (secondary N) is 1. The highest BCUT2D eigenvalue weighted by Gasteiger charge is 2.22. The summed E-state index contributed by atoms with van der Waals surface area (Å²) in [5.41, 5.74) is 3.86. The summed E-state index contributed by atoms with van der Waals surface area (Å²) < 4.78 is 40.3. The van der Waals surface area contributed by atoms with Crippen molar-refractivity contribution in [2.75, 3.05) is 31.6 Å². The standard InChI is InChI=1S/C28H32FN3O4S.ClH/c1-31(16-14-23-4-2-3-5-27(23)32-17-15-25(33)20-32)28(34)18-21-6-8-22(9-7-21)19-30-37(35,36)26-12-10-24(29)11-13-26;/h2-13,25,30,33H,14-20H2,1H3;1H/t25-;/m0./s1. The van der Waals surface area contributed by atoms with Crippen LogP contribution >= 0.6 is 12.4 Å². The third kappa shape index (κ3) is 7.77. The number of carbonyl (C=O) groups excluding carboxylic acids is 1. The number of benzene rings is 3. The van der Waals surface area contributed by atoms with E-state index in [1.54, 1.807) is 24.1 Å². The zero-order valence-corrected chi connectivity index (χ0v) is 22.8. The van der Waals surface area contributed by atoms with Crippen LogP contribution < -0.4 is 9.62 Å². The molecule has 1 amide bonds. The minimum absolute atomic E-state index is 0. The van der Waals surface area contributed by atoms with Gasteiger partial charge in [-0.1, -0.05) is 42.5 Å². The molecule has 0 radical (unpaired) electrons. The molecule has 1 aliphatic rings. The van der Waals surface area contributed by atoms with Crippen molar-refractivity contribution in [3.8, 4) is 0 Å². The topological polar surface area (TPSA) is 89.9 Å². The Morgan fingerprint density at radius 1 is 1.05 bits per heavy atom. The monoisotopic (exact) mass is 561 g/mol. The number of aliphatic hydroxyl groups excluding tert-OH is 1. The second-order valence-electron chi connectivity index (χ2n) is 9.35. The lowest BCUT2D eigenvalue weighted by Gasteiger charge is -2.23. The summed E-state index contributed by atoms with van der Waals surface area (Å²) in [6.07, 6.45) is 1.45. The molecule has 38 heavy (non-hydrogen) atoms. The van der Waals surface area contributed by atoms with Crippen LogP contribution in [-0.4, -0.2) is 57.1 Å². The van der Waals surface area contributed by atoms with E-state index in [-0.39, 0.29) is 42.3 Å². The molecule has 3 aromatic rings. The molecule has 1 atom stereocenters. The lowest BCUT2D eigenvalue weighted by atomic mass is 10.1. The van der Waals surface area contributed by atoms with E-state index in [9.17, 15) is 22.7 Å². The highest BCUT2D eigenvalue weighted by molar-refractivity contribution is 7.89. The van der Waals surface area contributed by atoms with Crippen molar-refractivity contribution in [3.05, 3.63) is 95.3 Å². The summed E-state index contributed by atoms with van der Waals surface area (Å²) in [5, 5.41) is 9.88. The first-order valence-electron chi connectivity index (χ1n) is 12.3. The van der Waals surface area contributed by atoms with E-state index < -0.39 is 15.8 Å². The second kappa shape index (κ2) is 13.2. The first-order valence-corrected chi connectivity index (χ1v) is 13.8. The Hall–Kier alpha value is -2.98. The minimum atomic E-state index is -3.75. The van der Waals surface area contributed by atoms with Crippen LogP contribution in [0.2, 0.25) is 0 Å². The molecule has 0 aliphatic carbocycles. The number of para-hydroxylation sites is 1. The molecule has 2 N–H and O–H groups in total. The fraction of sp³-hybridized carbons (Fsp3) is 0.321. The molecule has 0 bridgehead atoms. The molecule has 7 nitrogen and oxygen atoms in total. The van der Waals surface area contributed by atoms with Crippen LogP contribution in [0.1, 0.15) is 23.1 Å². The van der Waals surface area contributed by atoms with Gasteiger partial charge in [-0.2, -0.15) is 0 Å². The number of nitrogens with zero attached hydrogens (tertiary/aromatic N) is 2. The van der Waals surface area contributed by atoms with Gasteiger partial charge >= 0.3 is 0 Å². The Kier molecular flexibility index (Phi) is 10.3. The number of halogens is 2. The number of rotatable bonds is 10. The van der Waals surface area contributed by atoms with E-state index in [4.69, 9.17) is 0 Å². The normalized spacial score (nSPS) is 15.2. The summed E-state index contributed by atoms with van der Waals surface area (Å²) in [5.74, 6) is -0.499. The van der Waals surface area contributed by atoms with Gasteiger partial charge in [-0.05, 0) is 59.9 Å². The van der Waals surface area contributed by atoms with Crippen LogP contribution in [0.15, 0.2) is 77.7 Å². The van der Waals surface area contributed by atoms with Gasteiger partial charge in [-0.3, -0.25) is 4.79 Å². The lowest BCUT2D eigenvalue weighted by molar-refractivity contribution is -0.129. The van der Waals surface area contributed by atoms with Crippen molar-refractivity contribution >= 4 is 34.0 Å². The maximum Gasteiger partial charge on any atom is 0.240 e. The fourth-order valence-corrected chi connectivity index (χ4v) is 5.38. The lowest BCUT2D eigenvalue weighted by Crippen LogP contribution is -2.30. The van der Waals surface area contributed by atoms with Gasteiger partial charge in [0.15, 0.2) is 0 Å². The van der Waals surface area contributed by atoms with Gasteiger partial charge < -0.3 is 14.9 Å². The number of aliphatic hydroxyl groups is 1. The number of carbonyl (C=O) groups is 1. The third-order valence-corrected chi connectivity index (χ3v) is 8.02. The number of hydrogen-bond donors (Lipinski definition) is 2. The summed E-state index contributed by atoms with van der Waals surface area (Å²) >= 11 is 0. The van der Waals surface area contributed by atoms with Crippen molar-refractivity contribution in [1.82, 2.24) is 9.62 Å². The molecule has 3 aromatic carbocycles. The predicted octanol–water partition coefficient (Wildman–Crippen LogP) is 3.54. The third-order valence-electron chi connectivity index (χ3n) is 6.61. The Morgan fingerprint density at radius 3 is 2.37 bits per heavy atom. The van der Waals surface area contributed by atoms with E-state index in [2.05, 4.69) is 21.8 Å². The summed E-state index contributed by atoms with van der Waals surface area (Å²) in [6, 6.07) is 20.0. The molecular formula is C28H33ClFN3O4S. The van der Waals surface area contributed by atoms with Crippen LogP contribution in [0, 0.1) is 5.82 Å². The maximum absolute atomic E-state index is 13.1. The average Bonchev–Trinajstić information content (AvgIpc) is 3.33. The van der Waals surface area contributed by atoms with Crippen LogP contribution in [0.25, 0.3) is 0 Å². The van der Waals surface area contributed by atoms with Gasteiger partial charge in [-0.25, -0.2) is 17.5 Å². The molecule has 10 heteroatoms. The van der Waals surface area contributed by atoms with Crippen molar-refractivity contribution in [2.24, 2.45) is 0 Å². The Balaban J connectivity index is 0.00000400. The fourth-order valence-electron chi connectivity index (χ4n) is 4.36. The summed E-state index contributed by atoms with van der Waals surface area (Å²) in [6.45, 7) is 2.13. The zero-order chi connectivity index (χ0) is 26.4. The molecule has 1 heterocycles. The highest BCUT2D eigenvalue weighted by atomic mass is 35.5. The molecule has 0 saturated carbocycles. The van der Waals surface area contributed by atoms with E-state index in [1.807, 2.05) is 24.3 Å². The van der Waals surface area contributed by atoms with Crippen LogP contribution in [-0.2, 0) is 34.2 Å². The van der Waals surface area contributed by atoms with Gasteiger partial charge in [0.2, 0.25) is 15.9 Å². The van der Waals surface area contributed by atoms with E-state index >= 15 is 0 Å². The van der Waals surface area contributed by atoms with Gasteiger partial charge in [0.05, 0.1) is 17.4 Å². The van der Waals surface area contributed by atoms with Gasteiger partial charge in [-0.15, -0.1) is 12.4 Å². The van der Waals surface area contributed by atoms with E-state index in [0.29, 0.717) is 13.1 Å². The smallest absolute Gasteiger partial charge is 0.240 e. The van der Waals surface area contributed by atoms with Crippen LogP contribution in [0.4, 0.5) is 10.1 Å². The largest absolute Gasteiger partial charge is 0.391 e. The second-order valence-corrected chi connectivity index (χ2v) is 11.1. The molecule has 0 aromatic heterocycles. The quantitative estimate of drug-likeness (QED) is 0.395. The van der Waals surface area contributed by atoms with Crippen molar-refractivity contribution in [1.29, 1.82) is 0 Å². The maximum atomic E-state index is 13.1. The predicted molar refractivity (Wildman–Crippen MR) is 148 cm³/mol. The van der Waals surface area contributed by atoms with Gasteiger partial charge in [0, 0.05) is 38.9 Å². The van der Waals surface area contributed by atoms with Crippen molar-refractivity contribution in [2.45, 2.75) is 36.8 Å². The molecule has 204 valence electrons. The molecule has 1 saturated heterocycles. The molecular weight excluding hydrogens is 529 g/mol. The number of hydrogen-bond acceptors (Lipinski definition) is 5. The SMILES string of the molecule is CN(CCc1ccccc1N1CC[C@H](O)C1)C(=O)Cc1ccc(CNS(=O)(=O)c2ccc(F)cc2)cc1.Cl. The Labute approximate surface area is 229 Å². The molecule has 1 aliphatic heterocycles. The highest BCUT2D eigenvalue weighted by Crippen LogP contribution is 2.25. The number of anilines is 1. The van der Waals surface area contributed by atoms with Crippen molar-refractivity contribution < 1.29 is 22.7 Å². The Bertz CT molecular complexity index is 1320. The number of β-amino-alcohol motifs (C(OH)–C–C–N with tert-alkyl or cyclic N) is 1. The average molecular weight is 562 g/mol. The number of sulfonamides is 1. The summed E-state index contributed by atoms with van der Waals surface area (Å²) in [4.78, 5) is 16.7. The summed E-state index contributed by atoms with van der Waals surface area (Å²) in [7, 11) is -1.95. The molecule has 0 unspecified atom stereocenters. The number of amides is 1. The molecule has 4 rings (SSSR count). The van der Waals surface area contributed by atoms with Crippen LogP contribution in [0.3, 0.4) is 0 Å². The first-order chi connectivity index (χ1) is 17.7. The molecule has 0 spiro atoms. The van der Waals surface area contributed by atoms with Gasteiger partial charge in [0.1, 0.15) is 5.82 Å². The minimum Gasteiger partial charge on any atom is -0.391 e. The van der Waals surface area contributed by atoms with Crippen molar-refractivity contribution in [3.63, 3.8) is 0 Å². The number of likely N-dealkylation sites (N-methyl/N-ethyl adjacent to an activating group) is 1. The zero-order valence-electron chi connectivity index (χ0n) is 21.2. The van der Waals surface area contributed by atoms with E-state index in [1.165, 1.54) is 12.1 Å². The Morgan fingerprint density at radius 2 is 1.71 bits per heavy atom.